The minimum Gasteiger partial charge on any atom is -0.311 e. The highest BCUT2D eigenvalue weighted by molar-refractivity contribution is 7.99. The second kappa shape index (κ2) is 10.1. The molecule has 0 amide bonds. The van der Waals surface area contributed by atoms with Crippen LogP contribution < -0.4 is 5.32 Å². The molecule has 0 aromatic rings. The molecule has 0 radical (unpaired) electrons. The lowest BCUT2D eigenvalue weighted by atomic mass is 9.94. The minimum atomic E-state index is 0.705. The topological polar surface area (TPSA) is 15.3 Å². The van der Waals surface area contributed by atoms with Crippen LogP contribution in [0.5, 0.6) is 0 Å². The fraction of sp³-hybridized carbons (Fsp3) is 1.00. The van der Waals surface area contributed by atoms with Gasteiger partial charge in [-0.3, -0.25) is 4.90 Å². The lowest BCUT2D eigenvalue weighted by Gasteiger charge is -2.42. The Hall–Kier alpha value is 0.270. The van der Waals surface area contributed by atoms with Gasteiger partial charge in [0.05, 0.1) is 0 Å². The van der Waals surface area contributed by atoms with Gasteiger partial charge in [0.1, 0.15) is 0 Å². The summed E-state index contributed by atoms with van der Waals surface area (Å²) in [6, 6.07) is 1.48. The van der Waals surface area contributed by atoms with Gasteiger partial charge in [0, 0.05) is 25.2 Å². The SMILES string of the molecule is CCCC1CNC(C(C)CC)CN1CCCSCC. The first kappa shape index (κ1) is 17.3. The molecule has 1 rings (SSSR count). The molecule has 19 heavy (non-hydrogen) atoms. The molecule has 3 unspecified atom stereocenters. The van der Waals surface area contributed by atoms with Crippen LogP contribution in [-0.4, -0.2) is 48.1 Å². The van der Waals surface area contributed by atoms with Gasteiger partial charge in [0.25, 0.3) is 0 Å². The molecule has 2 nitrogen and oxygen atoms in total. The molecular weight excluding hydrogens is 252 g/mol. The monoisotopic (exact) mass is 286 g/mol. The van der Waals surface area contributed by atoms with E-state index in [1.807, 2.05) is 0 Å². The fourth-order valence-corrected chi connectivity index (χ4v) is 3.58. The number of piperazine rings is 1. The Labute approximate surface area is 125 Å². The van der Waals surface area contributed by atoms with Crippen LogP contribution in [0, 0.1) is 5.92 Å². The summed E-state index contributed by atoms with van der Waals surface area (Å²) in [4.78, 5) is 2.77. The number of hydrogen-bond acceptors (Lipinski definition) is 3. The number of rotatable bonds is 9. The summed E-state index contributed by atoms with van der Waals surface area (Å²) in [5.74, 6) is 3.39. The van der Waals surface area contributed by atoms with E-state index >= 15 is 0 Å². The molecule has 3 heteroatoms. The number of hydrogen-bond donors (Lipinski definition) is 1. The smallest absolute Gasteiger partial charge is 0.0221 e. The molecule has 1 saturated heterocycles. The van der Waals surface area contributed by atoms with E-state index in [9.17, 15) is 0 Å². The summed E-state index contributed by atoms with van der Waals surface area (Å²) in [6.07, 6.45) is 5.29. The average molecular weight is 287 g/mol. The van der Waals surface area contributed by atoms with E-state index in [1.165, 1.54) is 56.8 Å². The van der Waals surface area contributed by atoms with Gasteiger partial charge in [-0.05, 0) is 36.8 Å². The van der Waals surface area contributed by atoms with Crippen LogP contribution in [0.1, 0.15) is 53.4 Å². The van der Waals surface area contributed by atoms with Crippen molar-refractivity contribution in [3.05, 3.63) is 0 Å². The zero-order valence-electron chi connectivity index (χ0n) is 13.5. The van der Waals surface area contributed by atoms with Crippen LogP contribution in [0.4, 0.5) is 0 Å². The molecule has 0 aromatic heterocycles. The second-order valence-corrected chi connectivity index (χ2v) is 7.28. The molecule has 0 aromatic carbocycles. The van der Waals surface area contributed by atoms with Crippen LogP contribution in [0.3, 0.4) is 0 Å². The maximum absolute atomic E-state index is 3.79. The number of thioether (sulfide) groups is 1. The van der Waals surface area contributed by atoms with Crippen molar-refractivity contribution in [3.8, 4) is 0 Å². The van der Waals surface area contributed by atoms with Gasteiger partial charge in [-0.2, -0.15) is 11.8 Å². The molecule has 0 saturated carbocycles. The highest BCUT2D eigenvalue weighted by Gasteiger charge is 2.28. The summed E-state index contributed by atoms with van der Waals surface area (Å²) in [7, 11) is 0. The average Bonchev–Trinajstić information content (AvgIpc) is 2.44. The largest absolute Gasteiger partial charge is 0.311 e. The molecular formula is C16H34N2S. The Kier molecular flexibility index (Phi) is 9.17. The quantitative estimate of drug-likeness (QED) is 0.652. The van der Waals surface area contributed by atoms with Crippen molar-refractivity contribution in [2.75, 3.05) is 31.1 Å². The zero-order chi connectivity index (χ0) is 14.1. The first-order chi connectivity index (χ1) is 9.22. The van der Waals surface area contributed by atoms with Crippen LogP contribution in [-0.2, 0) is 0 Å². The van der Waals surface area contributed by atoms with Crippen molar-refractivity contribution in [2.45, 2.75) is 65.5 Å². The fourth-order valence-electron chi connectivity index (χ4n) is 2.95. The Morgan fingerprint density at radius 1 is 1.32 bits per heavy atom. The van der Waals surface area contributed by atoms with Crippen molar-refractivity contribution < 1.29 is 0 Å². The van der Waals surface area contributed by atoms with Gasteiger partial charge >= 0.3 is 0 Å². The first-order valence-electron chi connectivity index (χ1n) is 8.28. The van der Waals surface area contributed by atoms with Crippen LogP contribution in [0.25, 0.3) is 0 Å². The van der Waals surface area contributed by atoms with Gasteiger partial charge in [0.2, 0.25) is 0 Å². The Morgan fingerprint density at radius 2 is 2.11 bits per heavy atom. The van der Waals surface area contributed by atoms with Gasteiger partial charge in [0.15, 0.2) is 0 Å². The maximum Gasteiger partial charge on any atom is 0.0221 e. The molecule has 0 spiro atoms. The molecule has 0 bridgehead atoms. The lowest BCUT2D eigenvalue weighted by molar-refractivity contribution is 0.103. The molecule has 1 aliphatic heterocycles. The summed E-state index contributed by atoms with van der Waals surface area (Å²) in [6.45, 7) is 13.0. The number of nitrogens with zero attached hydrogens (tertiary/aromatic N) is 1. The van der Waals surface area contributed by atoms with Crippen LogP contribution in [0.15, 0.2) is 0 Å². The van der Waals surface area contributed by atoms with Crippen molar-refractivity contribution >= 4 is 11.8 Å². The minimum absolute atomic E-state index is 0.705. The molecule has 3 atom stereocenters. The summed E-state index contributed by atoms with van der Waals surface area (Å²) < 4.78 is 0. The highest BCUT2D eigenvalue weighted by atomic mass is 32.2. The Morgan fingerprint density at radius 3 is 2.74 bits per heavy atom. The standard InChI is InChI=1S/C16H34N2S/c1-5-9-15-12-17-16(14(4)6-2)13-18(15)10-8-11-19-7-3/h14-17H,5-13H2,1-4H3. The van der Waals surface area contributed by atoms with Crippen molar-refractivity contribution in [3.63, 3.8) is 0 Å². The van der Waals surface area contributed by atoms with E-state index in [0.29, 0.717) is 6.04 Å². The maximum atomic E-state index is 3.79. The predicted octanol–water partition coefficient (Wildman–Crippen LogP) is 3.62. The van der Waals surface area contributed by atoms with E-state index in [2.05, 4.69) is 49.7 Å². The molecule has 1 aliphatic rings. The third-order valence-electron chi connectivity index (χ3n) is 4.45. The molecule has 1 fully saturated rings. The van der Waals surface area contributed by atoms with Crippen molar-refractivity contribution in [2.24, 2.45) is 5.92 Å². The van der Waals surface area contributed by atoms with Gasteiger partial charge in [-0.1, -0.05) is 40.5 Å². The summed E-state index contributed by atoms with van der Waals surface area (Å²) >= 11 is 2.08. The van der Waals surface area contributed by atoms with E-state index in [0.717, 1.165) is 12.0 Å². The Balaban J connectivity index is 2.42. The predicted molar refractivity (Wildman–Crippen MR) is 89.1 cm³/mol. The third-order valence-corrected chi connectivity index (χ3v) is 5.44. The third kappa shape index (κ3) is 6.05. The van der Waals surface area contributed by atoms with E-state index < -0.39 is 0 Å². The second-order valence-electron chi connectivity index (χ2n) is 5.89. The van der Waals surface area contributed by atoms with Crippen LogP contribution in [0.2, 0.25) is 0 Å². The van der Waals surface area contributed by atoms with E-state index in [4.69, 9.17) is 0 Å². The summed E-state index contributed by atoms with van der Waals surface area (Å²) in [5, 5.41) is 3.79. The highest BCUT2D eigenvalue weighted by Crippen LogP contribution is 2.18. The molecule has 1 heterocycles. The van der Waals surface area contributed by atoms with Crippen molar-refractivity contribution in [1.29, 1.82) is 0 Å². The zero-order valence-corrected chi connectivity index (χ0v) is 14.3. The normalized spacial score (nSPS) is 26.5. The number of nitrogens with one attached hydrogen (secondary N) is 1. The van der Waals surface area contributed by atoms with Gasteiger partial charge in [-0.15, -0.1) is 0 Å². The van der Waals surface area contributed by atoms with E-state index in [-0.39, 0.29) is 0 Å². The molecule has 0 aliphatic carbocycles. The summed E-state index contributed by atoms with van der Waals surface area (Å²) in [5.41, 5.74) is 0. The van der Waals surface area contributed by atoms with Crippen molar-refractivity contribution in [1.82, 2.24) is 10.2 Å². The lowest BCUT2D eigenvalue weighted by Crippen LogP contribution is -2.58. The van der Waals surface area contributed by atoms with E-state index in [1.54, 1.807) is 0 Å². The van der Waals surface area contributed by atoms with Gasteiger partial charge < -0.3 is 5.32 Å². The molecule has 1 N–H and O–H groups in total. The van der Waals surface area contributed by atoms with Gasteiger partial charge in [-0.25, -0.2) is 0 Å². The van der Waals surface area contributed by atoms with Crippen LogP contribution >= 0.6 is 11.8 Å². The first-order valence-corrected chi connectivity index (χ1v) is 9.43. The molecule has 114 valence electrons. The Bertz CT molecular complexity index is 223.